The molecule has 0 aliphatic heterocycles. The van der Waals surface area contributed by atoms with Crippen LogP contribution < -0.4 is 5.73 Å². The van der Waals surface area contributed by atoms with Gasteiger partial charge in [0.15, 0.2) is 6.10 Å². The molecule has 1 aromatic rings. The van der Waals surface area contributed by atoms with Crippen LogP contribution in [0.2, 0.25) is 0 Å². The lowest BCUT2D eigenvalue weighted by molar-refractivity contribution is -0.00592. The van der Waals surface area contributed by atoms with E-state index in [0.717, 1.165) is 16.2 Å². The van der Waals surface area contributed by atoms with Gasteiger partial charge in [-0.05, 0) is 19.9 Å². The van der Waals surface area contributed by atoms with Crippen LogP contribution in [0.4, 0.5) is 8.78 Å². The predicted molar refractivity (Wildman–Crippen MR) is 50.6 cm³/mol. The Labute approximate surface area is 84.6 Å². The maximum absolute atomic E-state index is 12.1. The Bertz CT molecular complexity index is 304. The number of aliphatic hydroxyl groups is 1. The zero-order chi connectivity index (χ0) is 10.7. The molecular weight excluding hydrogens is 210 g/mol. The lowest BCUT2D eigenvalue weighted by Crippen LogP contribution is -2.07. The monoisotopic (exact) mass is 222 g/mol. The molecule has 0 aliphatic carbocycles. The average Bonchev–Trinajstić information content (AvgIpc) is 2.47. The first-order valence-electron chi connectivity index (χ1n) is 4.18. The first-order valence-corrected chi connectivity index (χ1v) is 5.00. The fourth-order valence-electron chi connectivity index (χ4n) is 1.05. The molecular formula is C8H12F2N2OS. The van der Waals surface area contributed by atoms with E-state index in [1.807, 2.05) is 0 Å². The zero-order valence-corrected chi connectivity index (χ0v) is 8.52. The van der Waals surface area contributed by atoms with Gasteiger partial charge in [-0.3, -0.25) is 0 Å². The fraction of sp³-hybridized carbons (Fsp3) is 0.625. The van der Waals surface area contributed by atoms with E-state index < -0.39 is 12.5 Å². The second-order valence-corrected chi connectivity index (χ2v) is 3.99. The van der Waals surface area contributed by atoms with E-state index in [-0.39, 0.29) is 5.01 Å². The van der Waals surface area contributed by atoms with Gasteiger partial charge in [0.1, 0.15) is 5.01 Å². The van der Waals surface area contributed by atoms with Crippen LogP contribution in [0.5, 0.6) is 0 Å². The molecule has 0 aliphatic rings. The smallest absolute Gasteiger partial charge is 0.270 e. The van der Waals surface area contributed by atoms with Gasteiger partial charge in [-0.15, -0.1) is 11.3 Å². The van der Waals surface area contributed by atoms with Gasteiger partial charge in [0.2, 0.25) is 0 Å². The number of aromatic nitrogens is 1. The summed E-state index contributed by atoms with van der Waals surface area (Å²) in [4.78, 5) is 4.75. The Hall–Kier alpha value is -0.590. The second kappa shape index (κ2) is 4.77. The van der Waals surface area contributed by atoms with Crippen molar-refractivity contribution in [2.75, 3.05) is 6.54 Å². The van der Waals surface area contributed by atoms with E-state index in [0.29, 0.717) is 18.7 Å². The highest BCUT2D eigenvalue weighted by molar-refractivity contribution is 7.11. The number of aryl methyl sites for hydroxylation is 1. The highest BCUT2D eigenvalue weighted by Crippen LogP contribution is 2.27. The Kier molecular flexibility index (Phi) is 3.91. The molecule has 0 saturated heterocycles. The van der Waals surface area contributed by atoms with Crippen molar-refractivity contribution in [1.29, 1.82) is 0 Å². The summed E-state index contributed by atoms with van der Waals surface area (Å²) in [5.41, 5.74) is 6.02. The Morgan fingerprint density at radius 3 is 2.71 bits per heavy atom. The summed E-state index contributed by atoms with van der Waals surface area (Å²) in [5, 5.41) is 9.14. The van der Waals surface area contributed by atoms with Crippen LogP contribution in [0, 0.1) is 6.92 Å². The lowest BCUT2D eigenvalue weighted by atomic mass is 10.3. The lowest BCUT2D eigenvalue weighted by Gasteiger charge is -2.03. The average molecular weight is 222 g/mol. The molecule has 0 bridgehead atoms. The van der Waals surface area contributed by atoms with Crippen LogP contribution in [0.3, 0.4) is 0 Å². The van der Waals surface area contributed by atoms with Crippen LogP contribution in [0.25, 0.3) is 0 Å². The maximum atomic E-state index is 12.1. The summed E-state index contributed by atoms with van der Waals surface area (Å²) < 4.78 is 24.3. The van der Waals surface area contributed by atoms with E-state index >= 15 is 0 Å². The molecule has 1 aromatic heterocycles. The van der Waals surface area contributed by atoms with Gasteiger partial charge in [0.05, 0.1) is 5.69 Å². The molecule has 80 valence electrons. The van der Waals surface area contributed by atoms with Crippen molar-refractivity contribution in [3.05, 3.63) is 15.6 Å². The van der Waals surface area contributed by atoms with Crippen LogP contribution in [-0.2, 0) is 6.42 Å². The molecule has 3 N–H and O–H groups in total. The van der Waals surface area contributed by atoms with Gasteiger partial charge in [0.25, 0.3) is 6.43 Å². The molecule has 0 spiro atoms. The molecule has 6 heteroatoms. The van der Waals surface area contributed by atoms with Crippen LogP contribution >= 0.6 is 11.3 Å². The number of rotatable bonds is 4. The molecule has 1 heterocycles. The first-order chi connectivity index (χ1) is 6.56. The number of alkyl halides is 2. The van der Waals surface area contributed by atoms with Crippen molar-refractivity contribution in [3.8, 4) is 0 Å². The second-order valence-electron chi connectivity index (χ2n) is 2.88. The zero-order valence-electron chi connectivity index (χ0n) is 7.70. The summed E-state index contributed by atoms with van der Waals surface area (Å²) in [7, 11) is 0. The van der Waals surface area contributed by atoms with Gasteiger partial charge in [-0.25, -0.2) is 13.8 Å². The summed E-state index contributed by atoms with van der Waals surface area (Å²) in [6, 6.07) is 0. The molecule has 0 saturated carbocycles. The quantitative estimate of drug-likeness (QED) is 0.806. The van der Waals surface area contributed by atoms with Crippen molar-refractivity contribution in [1.82, 2.24) is 4.98 Å². The summed E-state index contributed by atoms with van der Waals surface area (Å²) in [5.74, 6) is 0. The molecule has 0 amide bonds. The minimum absolute atomic E-state index is 0.0703. The van der Waals surface area contributed by atoms with Crippen LogP contribution in [0.1, 0.15) is 21.7 Å². The van der Waals surface area contributed by atoms with Crippen LogP contribution in [0.15, 0.2) is 0 Å². The standard InChI is InChI=1S/C8H12F2N2OS/c1-4-5(2-3-11)14-8(12-4)6(13)7(9)10/h6-7,13H,2-3,11H2,1H3. The van der Waals surface area contributed by atoms with Crippen molar-refractivity contribution >= 4 is 11.3 Å². The third-order valence-corrected chi connectivity index (χ3v) is 3.06. The largest absolute Gasteiger partial charge is 0.380 e. The number of nitrogens with two attached hydrogens (primary N) is 1. The van der Waals surface area contributed by atoms with Crippen molar-refractivity contribution in [2.24, 2.45) is 5.73 Å². The van der Waals surface area contributed by atoms with E-state index in [4.69, 9.17) is 10.8 Å². The Morgan fingerprint density at radius 2 is 2.21 bits per heavy atom. The van der Waals surface area contributed by atoms with Gasteiger partial charge in [-0.2, -0.15) is 0 Å². The van der Waals surface area contributed by atoms with E-state index in [1.165, 1.54) is 0 Å². The van der Waals surface area contributed by atoms with E-state index in [9.17, 15) is 8.78 Å². The van der Waals surface area contributed by atoms with Crippen molar-refractivity contribution in [3.63, 3.8) is 0 Å². The SMILES string of the molecule is Cc1nc(C(O)C(F)F)sc1CCN. The Morgan fingerprint density at radius 1 is 1.57 bits per heavy atom. The van der Waals surface area contributed by atoms with Gasteiger partial charge in [-0.1, -0.05) is 0 Å². The fourth-order valence-corrected chi connectivity index (χ4v) is 2.12. The highest BCUT2D eigenvalue weighted by atomic mass is 32.1. The number of aliphatic hydroxyl groups excluding tert-OH is 1. The number of thiazole rings is 1. The predicted octanol–water partition coefficient (Wildman–Crippen LogP) is 1.25. The van der Waals surface area contributed by atoms with E-state index in [2.05, 4.69) is 4.98 Å². The number of hydrogen-bond acceptors (Lipinski definition) is 4. The maximum Gasteiger partial charge on any atom is 0.270 e. The van der Waals surface area contributed by atoms with Gasteiger partial charge >= 0.3 is 0 Å². The first kappa shape index (κ1) is 11.5. The molecule has 1 unspecified atom stereocenters. The molecule has 0 fully saturated rings. The number of hydrogen-bond donors (Lipinski definition) is 2. The summed E-state index contributed by atoms with van der Waals surface area (Å²) in [6.45, 7) is 2.18. The van der Waals surface area contributed by atoms with Crippen molar-refractivity contribution in [2.45, 2.75) is 25.9 Å². The molecule has 3 nitrogen and oxygen atoms in total. The molecule has 1 rings (SSSR count). The third kappa shape index (κ3) is 2.46. The Balaban J connectivity index is 2.84. The topological polar surface area (TPSA) is 59.1 Å². The number of nitrogens with zero attached hydrogens (tertiary/aromatic N) is 1. The molecule has 1 atom stereocenters. The number of halogens is 2. The summed E-state index contributed by atoms with van der Waals surface area (Å²) in [6.07, 6.45) is -3.95. The third-order valence-electron chi connectivity index (χ3n) is 1.77. The van der Waals surface area contributed by atoms with Gasteiger partial charge < -0.3 is 10.8 Å². The van der Waals surface area contributed by atoms with Crippen molar-refractivity contribution < 1.29 is 13.9 Å². The van der Waals surface area contributed by atoms with E-state index in [1.54, 1.807) is 6.92 Å². The molecule has 0 aromatic carbocycles. The minimum atomic E-state index is -2.79. The normalized spacial score (nSPS) is 13.6. The minimum Gasteiger partial charge on any atom is -0.380 e. The molecule has 0 radical (unpaired) electrons. The highest BCUT2D eigenvalue weighted by Gasteiger charge is 2.23. The van der Waals surface area contributed by atoms with Gasteiger partial charge in [0, 0.05) is 4.88 Å². The molecule has 14 heavy (non-hydrogen) atoms. The summed E-state index contributed by atoms with van der Waals surface area (Å²) >= 11 is 1.10. The van der Waals surface area contributed by atoms with Crippen LogP contribution in [-0.4, -0.2) is 23.1 Å².